The van der Waals surface area contributed by atoms with E-state index in [0.717, 1.165) is 22.7 Å². The Morgan fingerprint density at radius 1 is 1.17 bits per heavy atom. The first-order valence-corrected chi connectivity index (χ1v) is 11.1. The Bertz CT molecular complexity index is 830. The third-order valence-corrected chi connectivity index (χ3v) is 6.61. The Kier molecular flexibility index (Phi) is 7.29. The van der Waals surface area contributed by atoms with E-state index in [4.69, 9.17) is 4.74 Å². The number of ether oxygens (including phenoxy) is 1. The number of hydrogen-bond donors (Lipinski definition) is 2. The molecule has 1 aliphatic carbocycles. The number of rotatable bonds is 6. The van der Waals surface area contributed by atoms with Crippen LogP contribution in [0.3, 0.4) is 0 Å². The van der Waals surface area contributed by atoms with Gasteiger partial charge in [-0.3, -0.25) is 4.79 Å². The number of carboxylic acid groups (broad SMARTS) is 1. The highest BCUT2D eigenvalue weighted by atomic mass is 32.2. The Labute approximate surface area is 172 Å². The molecule has 162 valence electrons. The molecule has 0 heterocycles. The zero-order valence-electron chi connectivity index (χ0n) is 17.3. The molecule has 2 rings (SSSR count). The minimum atomic E-state index is -4.06. The second kappa shape index (κ2) is 9.13. The number of benzene rings is 1. The summed E-state index contributed by atoms with van der Waals surface area (Å²) in [7, 11) is -4.06. The standard InChI is InChI=1S/C20H30N2O6S/c1-14-9-11-15(12-10-14)29(26,27)22(13-18(23)24)17-8-6-5-7-16(17)21-19(25)28-20(2,3)4/h9-12,16-17H,5-8,13H2,1-4H3,(H,21,25)(H,23,24)/t16-,17-/m1/s1. The van der Waals surface area contributed by atoms with Crippen LogP contribution in [0.4, 0.5) is 4.79 Å². The molecule has 0 radical (unpaired) electrons. The molecule has 0 aromatic heterocycles. The van der Waals surface area contributed by atoms with E-state index < -0.39 is 46.3 Å². The quantitative estimate of drug-likeness (QED) is 0.723. The van der Waals surface area contributed by atoms with Crippen LogP contribution in [0.5, 0.6) is 0 Å². The van der Waals surface area contributed by atoms with Crippen molar-refractivity contribution < 1.29 is 27.9 Å². The fourth-order valence-electron chi connectivity index (χ4n) is 3.44. The zero-order valence-corrected chi connectivity index (χ0v) is 18.2. The van der Waals surface area contributed by atoms with Crippen molar-refractivity contribution in [2.45, 2.75) is 76.0 Å². The molecular formula is C20H30N2O6S. The minimum absolute atomic E-state index is 0.0333. The number of nitrogens with zero attached hydrogens (tertiary/aromatic N) is 1. The fraction of sp³-hybridized carbons (Fsp3) is 0.600. The van der Waals surface area contributed by atoms with Gasteiger partial charge in [-0.25, -0.2) is 13.2 Å². The highest BCUT2D eigenvalue weighted by Crippen LogP contribution is 2.28. The number of carbonyl (C=O) groups excluding carboxylic acids is 1. The number of alkyl carbamates (subject to hydrolysis) is 1. The van der Waals surface area contributed by atoms with Crippen molar-refractivity contribution in [1.29, 1.82) is 0 Å². The maximum Gasteiger partial charge on any atom is 0.407 e. The molecule has 1 amide bonds. The highest BCUT2D eigenvalue weighted by molar-refractivity contribution is 7.89. The summed E-state index contributed by atoms with van der Waals surface area (Å²) >= 11 is 0. The van der Waals surface area contributed by atoms with Crippen molar-refractivity contribution in [1.82, 2.24) is 9.62 Å². The Balaban J connectivity index is 2.34. The summed E-state index contributed by atoms with van der Waals surface area (Å²) in [6, 6.07) is 5.08. The lowest BCUT2D eigenvalue weighted by Gasteiger charge is -2.38. The van der Waals surface area contributed by atoms with Crippen LogP contribution in [-0.2, 0) is 19.6 Å². The summed E-state index contributed by atoms with van der Waals surface area (Å²) in [4.78, 5) is 23.8. The zero-order chi connectivity index (χ0) is 21.8. The van der Waals surface area contributed by atoms with E-state index in [1.165, 1.54) is 12.1 Å². The first kappa shape index (κ1) is 23.2. The minimum Gasteiger partial charge on any atom is -0.480 e. The highest BCUT2D eigenvalue weighted by Gasteiger charge is 2.40. The van der Waals surface area contributed by atoms with Gasteiger partial charge in [-0.15, -0.1) is 0 Å². The van der Waals surface area contributed by atoms with Gasteiger partial charge in [-0.05, 0) is 52.7 Å². The Morgan fingerprint density at radius 2 is 1.76 bits per heavy atom. The maximum absolute atomic E-state index is 13.3. The van der Waals surface area contributed by atoms with Crippen LogP contribution in [0.2, 0.25) is 0 Å². The third-order valence-electron chi connectivity index (χ3n) is 4.72. The van der Waals surface area contributed by atoms with Gasteiger partial charge in [0.1, 0.15) is 12.1 Å². The first-order valence-electron chi connectivity index (χ1n) is 9.70. The number of aliphatic carboxylic acids is 1. The van der Waals surface area contributed by atoms with Crippen LogP contribution < -0.4 is 5.32 Å². The number of carbonyl (C=O) groups is 2. The van der Waals surface area contributed by atoms with Crippen molar-refractivity contribution in [2.24, 2.45) is 0 Å². The molecule has 1 aromatic carbocycles. The topological polar surface area (TPSA) is 113 Å². The third kappa shape index (κ3) is 6.43. The molecule has 0 bridgehead atoms. The summed E-state index contributed by atoms with van der Waals surface area (Å²) in [6.07, 6.45) is 1.92. The van der Waals surface area contributed by atoms with Gasteiger partial charge >= 0.3 is 12.1 Å². The Morgan fingerprint density at radius 3 is 2.31 bits per heavy atom. The molecule has 0 aliphatic heterocycles. The van der Waals surface area contributed by atoms with Crippen molar-refractivity contribution in [3.05, 3.63) is 29.8 Å². The normalized spacial score (nSPS) is 20.3. The molecule has 1 aromatic rings. The van der Waals surface area contributed by atoms with Crippen molar-refractivity contribution in [3.8, 4) is 0 Å². The molecule has 0 spiro atoms. The molecule has 1 aliphatic rings. The summed E-state index contributed by atoms with van der Waals surface area (Å²) in [6.45, 7) is 6.39. The Hall–Kier alpha value is -2.13. The average Bonchev–Trinajstić information content (AvgIpc) is 2.59. The summed E-state index contributed by atoms with van der Waals surface area (Å²) in [5.74, 6) is -1.25. The van der Waals surface area contributed by atoms with Crippen LogP contribution in [-0.4, -0.2) is 54.1 Å². The van der Waals surface area contributed by atoms with E-state index >= 15 is 0 Å². The molecule has 8 nitrogen and oxygen atoms in total. The van der Waals surface area contributed by atoms with Gasteiger partial charge in [-0.1, -0.05) is 30.5 Å². The number of sulfonamides is 1. The lowest BCUT2D eigenvalue weighted by Crippen LogP contribution is -2.56. The van der Waals surface area contributed by atoms with Gasteiger partial charge in [0.25, 0.3) is 0 Å². The van der Waals surface area contributed by atoms with Gasteiger partial charge in [0.2, 0.25) is 10.0 Å². The van der Waals surface area contributed by atoms with Crippen LogP contribution in [0, 0.1) is 6.92 Å². The van der Waals surface area contributed by atoms with Crippen molar-refractivity contribution in [3.63, 3.8) is 0 Å². The second-order valence-corrected chi connectivity index (χ2v) is 10.3. The van der Waals surface area contributed by atoms with Gasteiger partial charge in [0.05, 0.1) is 4.90 Å². The molecule has 0 unspecified atom stereocenters. The molecule has 1 fully saturated rings. The predicted octanol–water partition coefficient (Wildman–Crippen LogP) is 2.91. The number of aryl methyl sites for hydroxylation is 1. The molecule has 9 heteroatoms. The van der Waals surface area contributed by atoms with E-state index in [1.807, 2.05) is 6.92 Å². The van der Waals surface area contributed by atoms with Gasteiger partial charge in [0.15, 0.2) is 0 Å². The van der Waals surface area contributed by atoms with Gasteiger partial charge in [0, 0.05) is 12.1 Å². The van der Waals surface area contributed by atoms with E-state index in [1.54, 1.807) is 32.9 Å². The summed E-state index contributed by atoms with van der Waals surface area (Å²) < 4.78 is 32.8. The summed E-state index contributed by atoms with van der Waals surface area (Å²) in [5, 5.41) is 12.1. The molecule has 29 heavy (non-hydrogen) atoms. The smallest absolute Gasteiger partial charge is 0.407 e. The van der Waals surface area contributed by atoms with Crippen molar-refractivity contribution in [2.75, 3.05) is 6.54 Å². The van der Waals surface area contributed by atoms with E-state index in [2.05, 4.69) is 5.32 Å². The monoisotopic (exact) mass is 426 g/mol. The molecule has 0 saturated heterocycles. The average molecular weight is 427 g/mol. The molecular weight excluding hydrogens is 396 g/mol. The van der Waals surface area contributed by atoms with Gasteiger partial charge in [-0.2, -0.15) is 4.31 Å². The molecule has 2 N–H and O–H groups in total. The van der Waals surface area contributed by atoms with E-state index in [-0.39, 0.29) is 4.90 Å². The van der Waals surface area contributed by atoms with Crippen LogP contribution in [0.15, 0.2) is 29.2 Å². The van der Waals surface area contributed by atoms with E-state index in [9.17, 15) is 23.1 Å². The lowest BCUT2D eigenvalue weighted by atomic mass is 9.90. The van der Waals surface area contributed by atoms with Crippen LogP contribution >= 0.6 is 0 Å². The van der Waals surface area contributed by atoms with Crippen LogP contribution in [0.25, 0.3) is 0 Å². The lowest BCUT2D eigenvalue weighted by molar-refractivity contribution is -0.137. The largest absolute Gasteiger partial charge is 0.480 e. The SMILES string of the molecule is Cc1ccc(S(=O)(=O)N(CC(=O)O)[C@@H]2CCCC[C@H]2NC(=O)OC(C)(C)C)cc1. The fourth-order valence-corrected chi connectivity index (χ4v) is 5.08. The number of nitrogens with one attached hydrogen (secondary N) is 1. The van der Waals surface area contributed by atoms with Crippen LogP contribution in [0.1, 0.15) is 52.0 Å². The predicted molar refractivity (Wildman–Crippen MR) is 108 cm³/mol. The van der Waals surface area contributed by atoms with Crippen molar-refractivity contribution >= 4 is 22.1 Å². The first-order chi connectivity index (χ1) is 13.4. The molecule has 2 atom stereocenters. The number of amides is 1. The second-order valence-electron chi connectivity index (χ2n) is 8.36. The summed E-state index contributed by atoms with van der Waals surface area (Å²) in [5.41, 5.74) is 0.207. The molecule has 1 saturated carbocycles. The van der Waals surface area contributed by atoms with E-state index in [0.29, 0.717) is 12.8 Å². The maximum atomic E-state index is 13.3. The number of carboxylic acids is 1. The number of hydrogen-bond acceptors (Lipinski definition) is 5. The van der Waals surface area contributed by atoms with Gasteiger partial charge < -0.3 is 15.2 Å².